The molecule has 1 unspecified atom stereocenters. The minimum atomic E-state index is -0.992. The maximum Gasteiger partial charge on any atom is 0.414 e. The number of rotatable bonds is 6. The molecule has 0 spiro atoms. The second kappa shape index (κ2) is 10.1. The van der Waals surface area contributed by atoms with E-state index in [1.165, 1.54) is 0 Å². The molecule has 2 aliphatic rings. The third-order valence-electron chi connectivity index (χ3n) is 6.15. The van der Waals surface area contributed by atoms with Crippen LogP contribution in [0.3, 0.4) is 0 Å². The van der Waals surface area contributed by atoms with Crippen molar-refractivity contribution in [3.05, 3.63) is 53.6 Å². The summed E-state index contributed by atoms with van der Waals surface area (Å²) < 4.78 is 21.3. The molecular formula is C26H30N2O8. The molecule has 10 nitrogen and oxygen atoms in total. The SMILES string of the molecule is COc1ccc([C@@H]2[C@@H](C(=O)O)C(c3ccc4c(c3)OCO4)CN2CC(=O)NC(=O)OC(C)(C)C)cc1. The van der Waals surface area contributed by atoms with Gasteiger partial charge in [0, 0.05) is 18.5 Å². The first-order chi connectivity index (χ1) is 17.1. The fraction of sp³-hybridized carbons (Fsp3) is 0.423. The number of carboxylic acid groups (broad SMARTS) is 1. The molecule has 4 rings (SSSR count). The number of nitrogens with one attached hydrogen (secondary N) is 1. The zero-order valence-corrected chi connectivity index (χ0v) is 20.6. The number of carbonyl (C=O) groups excluding carboxylic acids is 2. The number of aliphatic carboxylic acids is 1. The molecule has 2 heterocycles. The van der Waals surface area contributed by atoms with Gasteiger partial charge >= 0.3 is 12.1 Å². The Hall–Kier alpha value is -3.79. The second-order valence-corrected chi connectivity index (χ2v) is 9.78. The lowest BCUT2D eigenvalue weighted by molar-refractivity contribution is -0.143. The first-order valence-electron chi connectivity index (χ1n) is 11.6. The number of fused-ring (bicyclic) bond motifs is 1. The van der Waals surface area contributed by atoms with E-state index in [9.17, 15) is 19.5 Å². The minimum Gasteiger partial charge on any atom is -0.497 e. The van der Waals surface area contributed by atoms with E-state index in [4.69, 9.17) is 18.9 Å². The lowest BCUT2D eigenvalue weighted by Gasteiger charge is -2.27. The summed E-state index contributed by atoms with van der Waals surface area (Å²) in [5.41, 5.74) is 0.722. The molecule has 2 aliphatic heterocycles. The minimum absolute atomic E-state index is 0.108. The molecule has 3 atom stereocenters. The lowest BCUT2D eigenvalue weighted by Crippen LogP contribution is -2.42. The standard InChI is InChI=1S/C26H30N2O8/c1-26(2,3)36-25(32)27-21(29)13-28-12-18(16-7-10-19-20(11-16)35-14-34-19)22(24(30)31)23(28)15-5-8-17(33-4)9-6-15/h5-11,18,22-23H,12-14H2,1-4H3,(H,30,31)(H,27,29,32)/t18?,22-,23+/m0/s1. The van der Waals surface area contributed by atoms with E-state index in [1.54, 1.807) is 69.2 Å². The number of benzene rings is 2. The molecule has 0 aliphatic carbocycles. The van der Waals surface area contributed by atoms with Crippen molar-refractivity contribution in [1.82, 2.24) is 10.2 Å². The molecule has 2 N–H and O–H groups in total. The van der Waals surface area contributed by atoms with Gasteiger partial charge in [-0.2, -0.15) is 0 Å². The number of amides is 2. The van der Waals surface area contributed by atoms with Crippen molar-refractivity contribution in [2.45, 2.75) is 38.3 Å². The van der Waals surface area contributed by atoms with Gasteiger partial charge in [-0.15, -0.1) is 0 Å². The van der Waals surface area contributed by atoms with E-state index in [0.29, 0.717) is 17.2 Å². The molecule has 0 radical (unpaired) electrons. The van der Waals surface area contributed by atoms with Gasteiger partial charge in [0.25, 0.3) is 0 Å². The summed E-state index contributed by atoms with van der Waals surface area (Å²) in [6, 6.07) is 11.8. The van der Waals surface area contributed by atoms with Crippen LogP contribution in [0.1, 0.15) is 43.9 Å². The van der Waals surface area contributed by atoms with Gasteiger partial charge in [0.2, 0.25) is 12.7 Å². The monoisotopic (exact) mass is 498 g/mol. The van der Waals surface area contributed by atoms with Gasteiger partial charge in [-0.25, -0.2) is 4.79 Å². The molecule has 10 heteroatoms. The normalized spacial score (nSPS) is 21.2. The first-order valence-corrected chi connectivity index (χ1v) is 11.6. The summed E-state index contributed by atoms with van der Waals surface area (Å²) in [4.78, 5) is 39.3. The maximum atomic E-state index is 12.8. The number of alkyl carbamates (subject to hydrolysis) is 1. The van der Waals surface area contributed by atoms with Crippen LogP contribution in [-0.4, -0.2) is 60.6 Å². The molecule has 1 fully saturated rings. The summed E-state index contributed by atoms with van der Waals surface area (Å²) in [6.07, 6.45) is -0.852. The van der Waals surface area contributed by atoms with Crippen LogP contribution in [0.2, 0.25) is 0 Å². The van der Waals surface area contributed by atoms with Crippen LogP contribution in [0.25, 0.3) is 0 Å². The molecule has 1 saturated heterocycles. The number of imide groups is 1. The number of methoxy groups -OCH3 is 1. The molecule has 2 aromatic carbocycles. The topological polar surface area (TPSA) is 124 Å². The van der Waals surface area contributed by atoms with Crippen LogP contribution in [0.15, 0.2) is 42.5 Å². The third-order valence-corrected chi connectivity index (χ3v) is 6.15. The third kappa shape index (κ3) is 5.54. The van der Waals surface area contributed by atoms with Crippen LogP contribution in [0.4, 0.5) is 4.79 Å². The Morgan fingerprint density at radius 2 is 1.72 bits per heavy atom. The van der Waals surface area contributed by atoms with E-state index in [1.807, 2.05) is 6.07 Å². The van der Waals surface area contributed by atoms with Crippen LogP contribution >= 0.6 is 0 Å². The van der Waals surface area contributed by atoms with Crippen LogP contribution in [0.5, 0.6) is 17.2 Å². The molecular weight excluding hydrogens is 468 g/mol. The maximum absolute atomic E-state index is 12.8. The van der Waals surface area contributed by atoms with Gasteiger partial charge in [-0.1, -0.05) is 18.2 Å². The molecule has 2 aromatic rings. The van der Waals surface area contributed by atoms with Gasteiger partial charge in [0.15, 0.2) is 11.5 Å². The van der Waals surface area contributed by atoms with E-state index >= 15 is 0 Å². The highest BCUT2D eigenvalue weighted by Crippen LogP contribution is 2.47. The Labute approximate surface area is 209 Å². The quantitative estimate of drug-likeness (QED) is 0.617. The molecule has 0 aromatic heterocycles. The first kappa shape index (κ1) is 25.3. The molecule has 0 saturated carbocycles. The Morgan fingerprint density at radius 3 is 2.36 bits per heavy atom. The number of carbonyl (C=O) groups is 3. The highest BCUT2D eigenvalue weighted by Gasteiger charge is 2.48. The Balaban J connectivity index is 1.64. The smallest absolute Gasteiger partial charge is 0.414 e. The fourth-order valence-corrected chi connectivity index (χ4v) is 4.71. The summed E-state index contributed by atoms with van der Waals surface area (Å²) >= 11 is 0. The van der Waals surface area contributed by atoms with Crippen molar-refractivity contribution >= 4 is 18.0 Å². The van der Waals surface area contributed by atoms with Crippen molar-refractivity contribution in [2.75, 3.05) is 27.0 Å². The van der Waals surface area contributed by atoms with E-state index in [2.05, 4.69) is 5.32 Å². The summed E-state index contributed by atoms with van der Waals surface area (Å²) in [5.74, 6) is -1.11. The molecule has 192 valence electrons. The average molecular weight is 499 g/mol. The zero-order valence-electron chi connectivity index (χ0n) is 20.6. The van der Waals surface area contributed by atoms with Crippen LogP contribution in [0, 0.1) is 5.92 Å². The number of ether oxygens (including phenoxy) is 4. The van der Waals surface area contributed by atoms with Gasteiger partial charge in [-0.05, 0) is 56.2 Å². The number of likely N-dealkylation sites (tertiary alicyclic amines) is 1. The highest BCUT2D eigenvalue weighted by atomic mass is 16.7. The van der Waals surface area contributed by atoms with Gasteiger partial charge in [0.05, 0.1) is 19.6 Å². The predicted octanol–water partition coefficient (Wildman–Crippen LogP) is 3.32. The average Bonchev–Trinajstić information content (AvgIpc) is 3.41. The molecule has 0 bridgehead atoms. The number of hydrogen-bond donors (Lipinski definition) is 2. The Bertz CT molecular complexity index is 1140. The molecule has 36 heavy (non-hydrogen) atoms. The lowest BCUT2D eigenvalue weighted by atomic mass is 9.82. The largest absolute Gasteiger partial charge is 0.497 e. The van der Waals surface area contributed by atoms with E-state index < -0.39 is 41.4 Å². The number of nitrogens with zero attached hydrogens (tertiary/aromatic N) is 1. The summed E-state index contributed by atoms with van der Waals surface area (Å²) in [7, 11) is 1.55. The Kier molecular flexibility index (Phi) is 7.07. The van der Waals surface area contributed by atoms with Gasteiger partial charge < -0.3 is 24.1 Å². The number of hydrogen-bond acceptors (Lipinski definition) is 8. The van der Waals surface area contributed by atoms with E-state index in [-0.39, 0.29) is 19.9 Å². The molecule has 2 amide bonds. The van der Waals surface area contributed by atoms with Gasteiger partial charge in [-0.3, -0.25) is 19.8 Å². The van der Waals surface area contributed by atoms with Crippen molar-refractivity contribution in [1.29, 1.82) is 0 Å². The number of carboxylic acids is 1. The zero-order chi connectivity index (χ0) is 26.0. The predicted molar refractivity (Wildman–Crippen MR) is 128 cm³/mol. The van der Waals surface area contributed by atoms with E-state index in [0.717, 1.165) is 11.1 Å². The van der Waals surface area contributed by atoms with Crippen LogP contribution in [-0.2, 0) is 14.3 Å². The highest BCUT2D eigenvalue weighted by molar-refractivity contribution is 5.93. The van der Waals surface area contributed by atoms with Crippen molar-refractivity contribution in [3.63, 3.8) is 0 Å². The second-order valence-electron chi connectivity index (χ2n) is 9.78. The Morgan fingerprint density at radius 1 is 1.06 bits per heavy atom. The van der Waals surface area contributed by atoms with Crippen molar-refractivity contribution in [3.8, 4) is 17.2 Å². The van der Waals surface area contributed by atoms with Crippen LogP contribution < -0.4 is 19.5 Å². The summed E-state index contributed by atoms with van der Waals surface area (Å²) in [6.45, 7) is 5.28. The van der Waals surface area contributed by atoms with Crippen molar-refractivity contribution in [2.24, 2.45) is 5.92 Å². The summed E-state index contributed by atoms with van der Waals surface area (Å²) in [5, 5.41) is 12.6. The van der Waals surface area contributed by atoms with Gasteiger partial charge in [0.1, 0.15) is 11.4 Å². The van der Waals surface area contributed by atoms with Crippen molar-refractivity contribution < 1.29 is 38.4 Å². The fourth-order valence-electron chi connectivity index (χ4n) is 4.71.